The van der Waals surface area contributed by atoms with E-state index in [1.807, 2.05) is 23.1 Å². The van der Waals surface area contributed by atoms with Crippen LogP contribution in [0.2, 0.25) is 0 Å². The lowest BCUT2D eigenvalue weighted by molar-refractivity contribution is 0.416. The summed E-state index contributed by atoms with van der Waals surface area (Å²) in [5.41, 5.74) is 8.48. The average molecular weight is 265 g/mol. The highest BCUT2D eigenvalue weighted by atomic mass is 32.1. The number of hydrogen-bond acceptors (Lipinski definition) is 4. The van der Waals surface area contributed by atoms with Gasteiger partial charge in [0.25, 0.3) is 0 Å². The van der Waals surface area contributed by atoms with Gasteiger partial charge in [0.2, 0.25) is 0 Å². The quantitative estimate of drug-likeness (QED) is 0.903. The van der Waals surface area contributed by atoms with E-state index in [1.165, 1.54) is 5.69 Å². The minimum absolute atomic E-state index is 0.000278. The first-order chi connectivity index (χ1) is 8.63. The summed E-state index contributed by atoms with van der Waals surface area (Å²) in [5, 5.41) is 6.42. The van der Waals surface area contributed by atoms with E-state index in [1.54, 1.807) is 18.4 Å². The van der Waals surface area contributed by atoms with Gasteiger partial charge in [0.05, 0.1) is 12.8 Å². The average Bonchev–Trinajstić information content (AvgIpc) is 2.95. The molecule has 0 saturated heterocycles. The van der Waals surface area contributed by atoms with Gasteiger partial charge in [0.15, 0.2) is 0 Å². The predicted molar refractivity (Wildman–Crippen MR) is 74.1 cm³/mol. The van der Waals surface area contributed by atoms with E-state index in [4.69, 9.17) is 10.5 Å². The SMILES string of the molecule is CCn1nc(C)cc1CC(N)c1cc(OC)cs1. The number of methoxy groups -OCH3 is 1. The van der Waals surface area contributed by atoms with Gasteiger partial charge in [-0.05, 0) is 26.0 Å². The number of hydrogen-bond donors (Lipinski definition) is 1. The van der Waals surface area contributed by atoms with Crippen LogP contribution in [0.1, 0.15) is 29.2 Å². The molecule has 2 heterocycles. The molecule has 0 aliphatic carbocycles. The Morgan fingerprint density at radius 1 is 1.50 bits per heavy atom. The molecule has 0 spiro atoms. The standard InChI is InChI=1S/C13H19N3OS/c1-4-16-10(5-9(2)15-16)6-12(14)13-7-11(17-3)8-18-13/h5,7-8,12H,4,6,14H2,1-3H3. The molecule has 2 aromatic heterocycles. The monoisotopic (exact) mass is 265 g/mol. The maximum atomic E-state index is 6.24. The summed E-state index contributed by atoms with van der Waals surface area (Å²) >= 11 is 1.64. The van der Waals surface area contributed by atoms with E-state index in [-0.39, 0.29) is 6.04 Å². The van der Waals surface area contributed by atoms with Crippen molar-refractivity contribution in [2.24, 2.45) is 5.73 Å². The molecule has 1 unspecified atom stereocenters. The van der Waals surface area contributed by atoms with E-state index in [2.05, 4.69) is 18.1 Å². The highest BCUT2D eigenvalue weighted by molar-refractivity contribution is 7.10. The predicted octanol–water partition coefficient (Wildman–Crippen LogP) is 2.52. The molecule has 5 heteroatoms. The van der Waals surface area contributed by atoms with Gasteiger partial charge in [-0.2, -0.15) is 5.10 Å². The molecule has 4 nitrogen and oxygen atoms in total. The highest BCUT2D eigenvalue weighted by Gasteiger charge is 2.13. The molecule has 0 aliphatic heterocycles. The lowest BCUT2D eigenvalue weighted by Crippen LogP contribution is -2.15. The van der Waals surface area contributed by atoms with E-state index < -0.39 is 0 Å². The van der Waals surface area contributed by atoms with Crippen molar-refractivity contribution in [1.29, 1.82) is 0 Å². The molecule has 0 aromatic carbocycles. The molecule has 98 valence electrons. The summed E-state index contributed by atoms with van der Waals surface area (Å²) in [5.74, 6) is 0.880. The Hall–Kier alpha value is -1.33. The number of aryl methyl sites for hydroxylation is 2. The van der Waals surface area contributed by atoms with Crippen molar-refractivity contribution in [2.75, 3.05) is 7.11 Å². The molecular formula is C13H19N3OS. The molecule has 0 saturated carbocycles. The van der Waals surface area contributed by atoms with Crippen molar-refractivity contribution in [3.8, 4) is 5.75 Å². The molecule has 2 aromatic rings. The van der Waals surface area contributed by atoms with Crippen LogP contribution in [0.4, 0.5) is 0 Å². The summed E-state index contributed by atoms with van der Waals surface area (Å²) in [6.45, 7) is 4.98. The van der Waals surface area contributed by atoms with Crippen LogP contribution in [0.5, 0.6) is 5.75 Å². The molecular weight excluding hydrogens is 246 g/mol. The fourth-order valence-electron chi connectivity index (χ4n) is 2.00. The van der Waals surface area contributed by atoms with Crippen molar-refractivity contribution in [3.63, 3.8) is 0 Å². The fourth-order valence-corrected chi connectivity index (χ4v) is 2.86. The summed E-state index contributed by atoms with van der Waals surface area (Å²) in [7, 11) is 1.67. The fraction of sp³-hybridized carbons (Fsp3) is 0.462. The van der Waals surface area contributed by atoms with Gasteiger partial charge in [0, 0.05) is 35.0 Å². The Kier molecular flexibility index (Phi) is 4.04. The number of ether oxygens (including phenoxy) is 1. The van der Waals surface area contributed by atoms with Crippen LogP contribution < -0.4 is 10.5 Å². The third-order valence-electron chi connectivity index (χ3n) is 2.91. The van der Waals surface area contributed by atoms with Gasteiger partial charge in [-0.15, -0.1) is 11.3 Å². The molecule has 0 bridgehead atoms. The topological polar surface area (TPSA) is 53.1 Å². The Bertz CT molecular complexity index is 518. The Morgan fingerprint density at radius 2 is 2.28 bits per heavy atom. The van der Waals surface area contributed by atoms with E-state index >= 15 is 0 Å². The van der Waals surface area contributed by atoms with Gasteiger partial charge in [0.1, 0.15) is 5.75 Å². The van der Waals surface area contributed by atoms with Crippen molar-refractivity contribution in [3.05, 3.63) is 33.8 Å². The van der Waals surface area contributed by atoms with Crippen molar-refractivity contribution in [2.45, 2.75) is 32.9 Å². The normalized spacial score (nSPS) is 12.7. The van der Waals surface area contributed by atoms with Crippen LogP contribution in [0.25, 0.3) is 0 Å². The third kappa shape index (κ3) is 2.73. The zero-order valence-electron chi connectivity index (χ0n) is 11.0. The summed E-state index contributed by atoms with van der Waals surface area (Å²) in [4.78, 5) is 1.15. The lowest BCUT2D eigenvalue weighted by atomic mass is 10.1. The summed E-state index contributed by atoms with van der Waals surface area (Å²) < 4.78 is 7.20. The molecule has 0 radical (unpaired) electrons. The second-order valence-electron chi connectivity index (χ2n) is 4.29. The molecule has 0 aliphatic rings. The Morgan fingerprint density at radius 3 is 2.89 bits per heavy atom. The molecule has 0 amide bonds. The van der Waals surface area contributed by atoms with E-state index in [0.717, 1.165) is 29.3 Å². The van der Waals surface area contributed by atoms with Gasteiger partial charge < -0.3 is 10.5 Å². The Labute approximate surface area is 111 Å². The minimum Gasteiger partial charge on any atom is -0.496 e. The summed E-state index contributed by atoms with van der Waals surface area (Å²) in [6, 6.07) is 4.11. The zero-order chi connectivity index (χ0) is 13.1. The van der Waals surface area contributed by atoms with Crippen LogP contribution in [0.15, 0.2) is 17.5 Å². The maximum absolute atomic E-state index is 6.24. The first kappa shape index (κ1) is 13.1. The van der Waals surface area contributed by atoms with Crippen LogP contribution >= 0.6 is 11.3 Å². The van der Waals surface area contributed by atoms with Crippen LogP contribution in [0, 0.1) is 6.92 Å². The number of rotatable bonds is 5. The van der Waals surface area contributed by atoms with Crippen molar-refractivity contribution >= 4 is 11.3 Å². The zero-order valence-corrected chi connectivity index (χ0v) is 11.8. The summed E-state index contributed by atoms with van der Waals surface area (Å²) in [6.07, 6.45) is 0.804. The van der Waals surface area contributed by atoms with E-state index in [9.17, 15) is 0 Å². The van der Waals surface area contributed by atoms with Gasteiger partial charge >= 0.3 is 0 Å². The van der Waals surface area contributed by atoms with Gasteiger partial charge in [-0.1, -0.05) is 0 Å². The van der Waals surface area contributed by atoms with Crippen molar-refractivity contribution in [1.82, 2.24) is 9.78 Å². The molecule has 1 atom stereocenters. The third-order valence-corrected chi connectivity index (χ3v) is 3.95. The van der Waals surface area contributed by atoms with Crippen LogP contribution in [0.3, 0.4) is 0 Å². The maximum Gasteiger partial charge on any atom is 0.129 e. The lowest BCUT2D eigenvalue weighted by Gasteiger charge is -2.10. The number of thiophene rings is 1. The molecule has 2 N–H and O–H groups in total. The second-order valence-corrected chi connectivity index (χ2v) is 5.24. The number of aromatic nitrogens is 2. The minimum atomic E-state index is 0.000278. The van der Waals surface area contributed by atoms with Gasteiger partial charge in [-0.3, -0.25) is 4.68 Å². The largest absolute Gasteiger partial charge is 0.496 e. The molecule has 18 heavy (non-hydrogen) atoms. The van der Waals surface area contributed by atoms with Crippen molar-refractivity contribution < 1.29 is 4.74 Å². The van der Waals surface area contributed by atoms with E-state index in [0.29, 0.717) is 0 Å². The smallest absolute Gasteiger partial charge is 0.129 e. The van der Waals surface area contributed by atoms with Crippen LogP contribution in [-0.2, 0) is 13.0 Å². The van der Waals surface area contributed by atoms with Gasteiger partial charge in [-0.25, -0.2) is 0 Å². The number of nitrogens with zero attached hydrogens (tertiary/aromatic N) is 2. The second kappa shape index (κ2) is 5.54. The first-order valence-corrected chi connectivity index (χ1v) is 6.93. The Balaban J connectivity index is 2.12. The molecule has 2 rings (SSSR count). The molecule has 0 fully saturated rings. The van der Waals surface area contributed by atoms with Crippen LogP contribution in [-0.4, -0.2) is 16.9 Å². The number of nitrogens with two attached hydrogens (primary N) is 1. The highest BCUT2D eigenvalue weighted by Crippen LogP contribution is 2.27. The first-order valence-electron chi connectivity index (χ1n) is 6.05.